The van der Waals surface area contributed by atoms with Crippen LogP contribution in [0.2, 0.25) is 0 Å². The van der Waals surface area contributed by atoms with Crippen LogP contribution in [0.3, 0.4) is 0 Å². The van der Waals surface area contributed by atoms with Gasteiger partial charge in [0.2, 0.25) is 0 Å². The molecule has 3 nitrogen and oxygen atoms in total. The lowest BCUT2D eigenvalue weighted by molar-refractivity contribution is 0.0757. The number of carbonyl (C=O) groups excluding carboxylic acids is 1. The van der Waals surface area contributed by atoms with Gasteiger partial charge in [-0.2, -0.15) is 0 Å². The summed E-state index contributed by atoms with van der Waals surface area (Å²) >= 11 is 3.34. The van der Waals surface area contributed by atoms with Gasteiger partial charge < -0.3 is 9.64 Å². The predicted molar refractivity (Wildman–Crippen MR) is 80.1 cm³/mol. The largest absolute Gasteiger partial charge is 0.492 e. The fraction of sp³-hybridized carbons (Fsp3) is 0.533. The molecule has 0 saturated carbocycles. The summed E-state index contributed by atoms with van der Waals surface area (Å²) in [6.07, 6.45) is 4.67. The molecule has 1 aliphatic rings. The van der Waals surface area contributed by atoms with E-state index in [2.05, 4.69) is 15.9 Å². The Morgan fingerprint density at radius 2 is 1.84 bits per heavy atom. The fourth-order valence-corrected chi connectivity index (χ4v) is 2.52. The Morgan fingerprint density at radius 3 is 2.53 bits per heavy atom. The van der Waals surface area contributed by atoms with Gasteiger partial charge in [-0.1, -0.05) is 40.9 Å². The van der Waals surface area contributed by atoms with Crippen molar-refractivity contribution >= 4 is 21.8 Å². The summed E-state index contributed by atoms with van der Waals surface area (Å²) in [6.45, 7) is 2.31. The average Bonchev–Trinajstić information content (AvgIpc) is 2.73. The van der Waals surface area contributed by atoms with Gasteiger partial charge >= 0.3 is 0 Å². The maximum atomic E-state index is 12.6. The lowest BCUT2D eigenvalue weighted by atomic mass is 10.1. The van der Waals surface area contributed by atoms with E-state index in [0.717, 1.165) is 31.3 Å². The Morgan fingerprint density at radius 1 is 1.16 bits per heavy atom. The number of nitrogens with zero attached hydrogens (tertiary/aromatic N) is 1. The summed E-state index contributed by atoms with van der Waals surface area (Å²) in [5, 5.41) is 0.763. The second-order valence-corrected chi connectivity index (χ2v) is 5.53. The minimum atomic E-state index is 0.104. The molecule has 1 saturated heterocycles. The van der Waals surface area contributed by atoms with Crippen LogP contribution < -0.4 is 4.74 Å². The van der Waals surface area contributed by atoms with Crippen molar-refractivity contribution in [2.45, 2.75) is 25.7 Å². The van der Waals surface area contributed by atoms with Gasteiger partial charge in [0.15, 0.2) is 0 Å². The smallest absolute Gasteiger partial charge is 0.257 e. The van der Waals surface area contributed by atoms with Crippen LogP contribution in [0.4, 0.5) is 0 Å². The van der Waals surface area contributed by atoms with E-state index in [-0.39, 0.29) is 5.91 Å². The summed E-state index contributed by atoms with van der Waals surface area (Å²) in [4.78, 5) is 14.5. The molecule has 1 fully saturated rings. The van der Waals surface area contributed by atoms with Crippen molar-refractivity contribution < 1.29 is 9.53 Å². The van der Waals surface area contributed by atoms with Crippen LogP contribution in [0.5, 0.6) is 5.75 Å². The van der Waals surface area contributed by atoms with Gasteiger partial charge in [0.05, 0.1) is 12.2 Å². The minimum Gasteiger partial charge on any atom is -0.492 e. The number of benzene rings is 1. The van der Waals surface area contributed by atoms with E-state index in [1.807, 2.05) is 29.2 Å². The molecule has 1 aliphatic heterocycles. The average molecular weight is 326 g/mol. The summed E-state index contributed by atoms with van der Waals surface area (Å²) in [6, 6.07) is 7.53. The Balaban J connectivity index is 2.12. The number of para-hydroxylation sites is 1. The third-order valence-corrected chi connectivity index (χ3v) is 3.67. The molecule has 0 N–H and O–H groups in total. The van der Waals surface area contributed by atoms with Gasteiger partial charge in [-0.25, -0.2) is 0 Å². The molecule has 0 radical (unpaired) electrons. The second kappa shape index (κ2) is 7.53. The van der Waals surface area contributed by atoms with Gasteiger partial charge in [0.25, 0.3) is 5.91 Å². The molecule has 19 heavy (non-hydrogen) atoms. The van der Waals surface area contributed by atoms with Gasteiger partial charge in [0, 0.05) is 18.4 Å². The maximum absolute atomic E-state index is 12.6. The molecule has 2 rings (SSSR count). The molecule has 1 aromatic carbocycles. The van der Waals surface area contributed by atoms with E-state index in [4.69, 9.17) is 4.74 Å². The van der Waals surface area contributed by atoms with E-state index in [9.17, 15) is 4.79 Å². The van der Waals surface area contributed by atoms with Gasteiger partial charge in [-0.3, -0.25) is 4.79 Å². The summed E-state index contributed by atoms with van der Waals surface area (Å²) in [5.74, 6) is 0.795. The Bertz CT molecular complexity index is 414. The molecule has 0 aromatic heterocycles. The van der Waals surface area contributed by atoms with Crippen LogP contribution >= 0.6 is 15.9 Å². The zero-order valence-corrected chi connectivity index (χ0v) is 12.7. The van der Waals surface area contributed by atoms with E-state index >= 15 is 0 Å². The van der Waals surface area contributed by atoms with Crippen LogP contribution in [-0.4, -0.2) is 35.8 Å². The molecule has 1 amide bonds. The topological polar surface area (TPSA) is 29.5 Å². The highest BCUT2D eigenvalue weighted by atomic mass is 79.9. The summed E-state index contributed by atoms with van der Waals surface area (Å²) in [7, 11) is 0. The monoisotopic (exact) mass is 325 g/mol. The highest BCUT2D eigenvalue weighted by Crippen LogP contribution is 2.21. The maximum Gasteiger partial charge on any atom is 0.257 e. The minimum absolute atomic E-state index is 0.104. The molecule has 0 bridgehead atoms. The lowest BCUT2D eigenvalue weighted by Gasteiger charge is -2.21. The number of rotatable bonds is 4. The molecule has 0 aliphatic carbocycles. The number of alkyl halides is 1. The Kier molecular flexibility index (Phi) is 5.70. The molecule has 0 unspecified atom stereocenters. The first kappa shape index (κ1) is 14.4. The number of carbonyl (C=O) groups is 1. The molecular formula is C15H20BrNO2. The van der Waals surface area contributed by atoms with Crippen molar-refractivity contribution in [3.05, 3.63) is 29.8 Å². The van der Waals surface area contributed by atoms with Crippen molar-refractivity contribution in [3.8, 4) is 5.75 Å². The number of hydrogen-bond acceptors (Lipinski definition) is 2. The lowest BCUT2D eigenvalue weighted by Crippen LogP contribution is -2.32. The molecule has 4 heteroatoms. The third kappa shape index (κ3) is 3.96. The number of hydrogen-bond donors (Lipinski definition) is 0. The number of amides is 1. The van der Waals surface area contributed by atoms with E-state index < -0.39 is 0 Å². The normalized spacial score (nSPS) is 15.9. The van der Waals surface area contributed by atoms with E-state index in [1.165, 1.54) is 12.8 Å². The van der Waals surface area contributed by atoms with Crippen LogP contribution in [0.25, 0.3) is 0 Å². The van der Waals surface area contributed by atoms with Crippen LogP contribution in [0.1, 0.15) is 36.0 Å². The van der Waals surface area contributed by atoms with E-state index in [1.54, 1.807) is 0 Å². The SMILES string of the molecule is O=C(c1ccccc1OCCBr)N1CCCCCC1. The fourth-order valence-electron chi connectivity index (χ4n) is 2.36. The van der Waals surface area contributed by atoms with Crippen molar-refractivity contribution in [1.82, 2.24) is 4.90 Å². The number of ether oxygens (including phenoxy) is 1. The van der Waals surface area contributed by atoms with Crippen molar-refractivity contribution in [2.75, 3.05) is 25.0 Å². The zero-order chi connectivity index (χ0) is 13.5. The number of likely N-dealkylation sites (tertiary alicyclic amines) is 1. The predicted octanol–water partition coefficient (Wildman–Crippen LogP) is 3.48. The molecular weight excluding hydrogens is 306 g/mol. The van der Waals surface area contributed by atoms with Gasteiger partial charge in [-0.05, 0) is 25.0 Å². The van der Waals surface area contributed by atoms with Crippen molar-refractivity contribution in [3.63, 3.8) is 0 Å². The van der Waals surface area contributed by atoms with Crippen LogP contribution in [0, 0.1) is 0 Å². The standard InChI is InChI=1S/C15H20BrNO2/c16-9-12-19-14-8-4-3-7-13(14)15(18)17-10-5-1-2-6-11-17/h3-4,7-8H,1-2,5-6,9-12H2. The quantitative estimate of drug-likeness (QED) is 0.793. The van der Waals surface area contributed by atoms with Gasteiger partial charge in [-0.15, -0.1) is 0 Å². The highest BCUT2D eigenvalue weighted by Gasteiger charge is 2.20. The first-order chi connectivity index (χ1) is 9.33. The van der Waals surface area contributed by atoms with Crippen molar-refractivity contribution in [2.24, 2.45) is 0 Å². The van der Waals surface area contributed by atoms with Crippen molar-refractivity contribution in [1.29, 1.82) is 0 Å². The van der Waals surface area contributed by atoms with Crippen LogP contribution in [0.15, 0.2) is 24.3 Å². The van der Waals surface area contributed by atoms with E-state index in [0.29, 0.717) is 17.9 Å². The molecule has 1 heterocycles. The second-order valence-electron chi connectivity index (χ2n) is 4.74. The highest BCUT2D eigenvalue weighted by molar-refractivity contribution is 9.09. The van der Waals surface area contributed by atoms with Gasteiger partial charge in [0.1, 0.15) is 5.75 Å². The summed E-state index contributed by atoms with van der Waals surface area (Å²) < 4.78 is 5.64. The first-order valence-corrected chi connectivity index (χ1v) is 8.02. The first-order valence-electron chi connectivity index (χ1n) is 6.90. The molecule has 0 atom stereocenters. The Labute approximate surface area is 123 Å². The Hall–Kier alpha value is -1.03. The number of halogens is 1. The third-order valence-electron chi connectivity index (χ3n) is 3.35. The molecule has 0 spiro atoms. The summed E-state index contributed by atoms with van der Waals surface area (Å²) in [5.41, 5.74) is 0.686. The zero-order valence-electron chi connectivity index (χ0n) is 11.1. The van der Waals surface area contributed by atoms with Crippen LogP contribution in [-0.2, 0) is 0 Å². The molecule has 104 valence electrons. The molecule has 1 aromatic rings.